The number of rotatable bonds is 5. The standard InChI is InChI=1S/C17H20F2N4O3S/c1-9(2)12-7-11(18)8-13(10(3)4)14(12)22-17(24)23-27(25,26)16-15(19)20-5-6-21-16/h5-10H,1-4H3,(H2,22,23,24). The summed E-state index contributed by atoms with van der Waals surface area (Å²) in [6.07, 6.45) is 1.97. The predicted octanol–water partition coefficient (Wildman–Crippen LogP) is 3.51. The van der Waals surface area contributed by atoms with Crippen LogP contribution >= 0.6 is 0 Å². The molecule has 1 aromatic carbocycles. The summed E-state index contributed by atoms with van der Waals surface area (Å²) in [7, 11) is -4.57. The molecule has 1 aromatic heterocycles. The molecule has 0 saturated carbocycles. The Morgan fingerprint density at radius 2 is 1.52 bits per heavy atom. The van der Waals surface area contributed by atoms with Crippen LogP contribution in [0.1, 0.15) is 50.7 Å². The van der Waals surface area contributed by atoms with E-state index in [-0.39, 0.29) is 11.8 Å². The molecule has 0 bridgehead atoms. The van der Waals surface area contributed by atoms with Gasteiger partial charge in [-0.3, -0.25) is 0 Å². The molecular formula is C17H20F2N4O3S. The molecule has 0 radical (unpaired) electrons. The van der Waals surface area contributed by atoms with Gasteiger partial charge >= 0.3 is 6.03 Å². The highest BCUT2D eigenvalue weighted by molar-refractivity contribution is 7.90. The number of sulfonamides is 1. The van der Waals surface area contributed by atoms with E-state index in [1.165, 1.54) is 12.1 Å². The molecule has 7 nitrogen and oxygen atoms in total. The van der Waals surface area contributed by atoms with Gasteiger partial charge in [0.2, 0.25) is 5.03 Å². The van der Waals surface area contributed by atoms with Gasteiger partial charge in [-0.05, 0) is 35.1 Å². The second kappa shape index (κ2) is 7.95. The summed E-state index contributed by atoms with van der Waals surface area (Å²) in [4.78, 5) is 18.9. The zero-order chi connectivity index (χ0) is 20.4. The van der Waals surface area contributed by atoms with Crippen LogP contribution in [0.15, 0.2) is 29.6 Å². The van der Waals surface area contributed by atoms with Gasteiger partial charge in [-0.15, -0.1) is 0 Å². The second-order valence-corrected chi connectivity index (χ2v) is 8.08. The number of anilines is 1. The van der Waals surface area contributed by atoms with E-state index in [0.29, 0.717) is 16.8 Å². The van der Waals surface area contributed by atoms with Gasteiger partial charge in [0.05, 0.1) is 0 Å². The van der Waals surface area contributed by atoms with Crippen molar-refractivity contribution < 1.29 is 22.0 Å². The maximum atomic E-state index is 13.9. The Hall–Kier alpha value is -2.62. The van der Waals surface area contributed by atoms with Gasteiger partial charge in [0.25, 0.3) is 16.0 Å². The van der Waals surface area contributed by atoms with Crippen LogP contribution in [0.5, 0.6) is 0 Å². The van der Waals surface area contributed by atoms with Crippen molar-refractivity contribution in [1.82, 2.24) is 14.7 Å². The van der Waals surface area contributed by atoms with Gasteiger partial charge in [-0.1, -0.05) is 27.7 Å². The first kappa shape index (κ1) is 20.7. The summed E-state index contributed by atoms with van der Waals surface area (Å²) < 4.78 is 53.5. The lowest BCUT2D eigenvalue weighted by molar-refractivity contribution is 0.256. The molecule has 1 heterocycles. The summed E-state index contributed by atoms with van der Waals surface area (Å²) in [5, 5.41) is 1.45. The third kappa shape index (κ3) is 4.76. The highest BCUT2D eigenvalue weighted by Crippen LogP contribution is 2.33. The zero-order valence-electron chi connectivity index (χ0n) is 15.2. The first-order valence-electron chi connectivity index (χ1n) is 8.16. The van der Waals surface area contributed by atoms with Crippen molar-refractivity contribution in [1.29, 1.82) is 0 Å². The van der Waals surface area contributed by atoms with Crippen LogP contribution in [-0.4, -0.2) is 24.4 Å². The molecule has 0 aliphatic carbocycles. The molecule has 27 heavy (non-hydrogen) atoms. The summed E-state index contributed by atoms with van der Waals surface area (Å²) in [6.45, 7) is 7.25. The summed E-state index contributed by atoms with van der Waals surface area (Å²) >= 11 is 0. The van der Waals surface area contributed by atoms with Crippen molar-refractivity contribution in [2.45, 2.75) is 44.6 Å². The number of benzene rings is 1. The van der Waals surface area contributed by atoms with Crippen molar-refractivity contribution >= 4 is 21.7 Å². The molecule has 2 N–H and O–H groups in total. The Bertz CT molecular complexity index is 933. The number of carbonyl (C=O) groups is 1. The topological polar surface area (TPSA) is 101 Å². The molecule has 146 valence electrons. The fourth-order valence-corrected chi connectivity index (χ4v) is 3.37. The quantitative estimate of drug-likeness (QED) is 0.803. The Balaban J connectivity index is 2.37. The van der Waals surface area contributed by atoms with Crippen LogP contribution in [0.3, 0.4) is 0 Å². The number of hydrogen-bond donors (Lipinski definition) is 2. The smallest absolute Gasteiger partial charge is 0.307 e. The van der Waals surface area contributed by atoms with Crippen molar-refractivity contribution in [2.24, 2.45) is 0 Å². The highest BCUT2D eigenvalue weighted by atomic mass is 32.2. The summed E-state index contributed by atoms with van der Waals surface area (Å²) in [5.74, 6) is -2.06. The van der Waals surface area contributed by atoms with Gasteiger partial charge in [-0.2, -0.15) is 12.8 Å². The number of amides is 2. The van der Waals surface area contributed by atoms with Crippen LogP contribution < -0.4 is 10.0 Å². The van der Waals surface area contributed by atoms with Gasteiger partial charge < -0.3 is 5.32 Å². The van der Waals surface area contributed by atoms with Crippen molar-refractivity contribution in [3.05, 3.63) is 47.4 Å². The Morgan fingerprint density at radius 3 is 2.00 bits per heavy atom. The van der Waals surface area contributed by atoms with Crippen LogP contribution in [0.4, 0.5) is 19.3 Å². The van der Waals surface area contributed by atoms with E-state index in [9.17, 15) is 22.0 Å². The molecule has 0 aliphatic rings. The SMILES string of the molecule is CC(C)c1cc(F)cc(C(C)C)c1NC(=O)NS(=O)(=O)c1nccnc1F. The predicted molar refractivity (Wildman–Crippen MR) is 95.9 cm³/mol. The van der Waals surface area contributed by atoms with Gasteiger partial charge in [0, 0.05) is 18.1 Å². The Kier molecular flexibility index (Phi) is 6.09. The number of halogens is 2. The van der Waals surface area contributed by atoms with E-state index in [4.69, 9.17) is 0 Å². The summed E-state index contributed by atoms with van der Waals surface area (Å²) in [6, 6.07) is 1.45. The highest BCUT2D eigenvalue weighted by Gasteiger charge is 2.25. The average Bonchev–Trinajstić information content (AvgIpc) is 2.55. The first-order chi connectivity index (χ1) is 12.5. The van der Waals surface area contributed by atoms with Crippen molar-refractivity contribution in [3.63, 3.8) is 0 Å². The van der Waals surface area contributed by atoms with Gasteiger partial charge in [0.15, 0.2) is 0 Å². The number of carbonyl (C=O) groups excluding carboxylic acids is 1. The van der Waals surface area contributed by atoms with Gasteiger partial charge in [0.1, 0.15) is 5.82 Å². The van der Waals surface area contributed by atoms with E-state index in [1.54, 1.807) is 4.72 Å². The molecule has 0 spiro atoms. The van der Waals surface area contributed by atoms with E-state index in [1.807, 2.05) is 27.7 Å². The maximum absolute atomic E-state index is 13.9. The fourth-order valence-electron chi connectivity index (χ4n) is 2.50. The normalized spacial score (nSPS) is 11.7. The summed E-state index contributed by atoms with van der Waals surface area (Å²) in [5.41, 5.74) is 1.34. The van der Waals surface area contributed by atoms with E-state index in [0.717, 1.165) is 12.4 Å². The maximum Gasteiger partial charge on any atom is 0.333 e. The monoisotopic (exact) mass is 398 g/mol. The fraction of sp³-hybridized carbons (Fsp3) is 0.353. The van der Waals surface area contributed by atoms with Crippen LogP contribution in [0.25, 0.3) is 0 Å². The first-order valence-corrected chi connectivity index (χ1v) is 9.65. The molecule has 10 heteroatoms. The number of hydrogen-bond acceptors (Lipinski definition) is 5. The molecule has 0 aliphatic heterocycles. The average molecular weight is 398 g/mol. The van der Waals surface area contributed by atoms with Crippen LogP contribution in [0, 0.1) is 11.8 Å². The molecule has 2 aromatic rings. The molecule has 0 atom stereocenters. The molecule has 2 rings (SSSR count). The Morgan fingerprint density at radius 1 is 1.00 bits per heavy atom. The molecule has 0 unspecified atom stereocenters. The lowest BCUT2D eigenvalue weighted by Gasteiger charge is -2.20. The van der Waals surface area contributed by atoms with Crippen LogP contribution in [0.2, 0.25) is 0 Å². The van der Waals surface area contributed by atoms with Crippen LogP contribution in [-0.2, 0) is 10.0 Å². The Labute approximate surface area is 156 Å². The molecule has 0 fully saturated rings. The van der Waals surface area contributed by atoms with Gasteiger partial charge in [-0.25, -0.2) is 23.9 Å². The molecular weight excluding hydrogens is 378 g/mol. The third-order valence-corrected chi connectivity index (χ3v) is 4.99. The molecule has 0 saturated heterocycles. The van der Waals surface area contributed by atoms with Crippen molar-refractivity contribution in [2.75, 3.05) is 5.32 Å². The largest absolute Gasteiger partial charge is 0.333 e. The van der Waals surface area contributed by atoms with Crippen molar-refractivity contribution in [3.8, 4) is 0 Å². The third-order valence-electron chi connectivity index (χ3n) is 3.75. The zero-order valence-corrected chi connectivity index (χ0v) is 16.1. The minimum Gasteiger partial charge on any atom is -0.307 e. The minimum absolute atomic E-state index is 0.137. The number of nitrogens with one attached hydrogen (secondary N) is 2. The van der Waals surface area contributed by atoms with E-state index in [2.05, 4.69) is 15.3 Å². The minimum atomic E-state index is -4.57. The molecule has 2 amide bonds. The number of aromatic nitrogens is 2. The number of nitrogens with zero attached hydrogens (tertiary/aromatic N) is 2. The number of urea groups is 1. The van der Waals surface area contributed by atoms with E-state index >= 15 is 0 Å². The lowest BCUT2D eigenvalue weighted by Crippen LogP contribution is -2.36. The van der Waals surface area contributed by atoms with E-state index < -0.39 is 32.8 Å². The lowest BCUT2D eigenvalue weighted by atomic mass is 9.92. The second-order valence-electron chi connectivity index (χ2n) is 6.48.